The van der Waals surface area contributed by atoms with E-state index in [1.165, 1.54) is 31.3 Å². The molecule has 5 aliphatic rings. The Labute approximate surface area is 202 Å². The van der Waals surface area contributed by atoms with E-state index in [9.17, 15) is 15.3 Å². The zero-order valence-electron chi connectivity index (χ0n) is 22.3. The Kier molecular flexibility index (Phi) is 5.40. The summed E-state index contributed by atoms with van der Waals surface area (Å²) in [6.45, 7) is 17.1. The second-order valence-corrected chi connectivity index (χ2v) is 14.7. The fourth-order valence-corrected chi connectivity index (χ4v) is 11.4. The first-order valence-electron chi connectivity index (χ1n) is 13.9. The van der Waals surface area contributed by atoms with Gasteiger partial charge in [-0.3, -0.25) is 0 Å². The van der Waals surface area contributed by atoms with Gasteiger partial charge in [0, 0.05) is 5.41 Å². The fourth-order valence-electron chi connectivity index (χ4n) is 11.4. The maximum absolute atomic E-state index is 11.7. The summed E-state index contributed by atoms with van der Waals surface area (Å²) < 4.78 is 0. The van der Waals surface area contributed by atoms with Crippen LogP contribution in [0.2, 0.25) is 0 Å². The molecular weight excluding hydrogens is 408 g/mol. The predicted molar refractivity (Wildman–Crippen MR) is 133 cm³/mol. The molecule has 0 aromatic heterocycles. The van der Waals surface area contributed by atoms with Crippen LogP contribution >= 0.6 is 0 Å². The normalized spacial score (nSPS) is 57.8. The van der Waals surface area contributed by atoms with Gasteiger partial charge >= 0.3 is 0 Å². The van der Waals surface area contributed by atoms with Crippen LogP contribution in [0.1, 0.15) is 99.8 Å². The van der Waals surface area contributed by atoms with Crippen LogP contribution < -0.4 is 0 Å². The summed E-state index contributed by atoms with van der Waals surface area (Å²) in [4.78, 5) is 0. The first-order valence-corrected chi connectivity index (χ1v) is 13.9. The molecule has 5 aliphatic carbocycles. The summed E-state index contributed by atoms with van der Waals surface area (Å²) in [5, 5.41) is 32.7. The van der Waals surface area contributed by atoms with Crippen LogP contribution in [-0.4, -0.2) is 34.1 Å². The van der Waals surface area contributed by atoms with Crippen molar-refractivity contribution >= 4 is 0 Å². The highest BCUT2D eigenvalue weighted by atomic mass is 16.3. The van der Waals surface area contributed by atoms with Crippen molar-refractivity contribution in [3.8, 4) is 0 Å². The molecule has 3 N–H and O–H groups in total. The maximum atomic E-state index is 11.7. The molecule has 0 amide bonds. The molecule has 0 heterocycles. The Balaban J connectivity index is 1.57. The number of hydrogen-bond donors (Lipinski definition) is 3. The van der Waals surface area contributed by atoms with Gasteiger partial charge in [0.25, 0.3) is 0 Å². The molecule has 0 aliphatic heterocycles. The highest BCUT2D eigenvalue weighted by molar-refractivity contribution is 5.24. The number of hydrogen-bond acceptors (Lipinski definition) is 3. The van der Waals surface area contributed by atoms with Crippen LogP contribution in [0.15, 0.2) is 11.6 Å². The SMILES string of the molecule is C[C@@H]1C(CO)=CC[C@@]2(C)[C@H]1[C@H]1CC[C@@H]3[C@@]4(C)CC[C@H](O)C(C)(C)[C@@H]4CC[C@@]3(C)[C@]1(C)C[C@@H]2O. The van der Waals surface area contributed by atoms with Crippen LogP contribution in [0.3, 0.4) is 0 Å². The summed E-state index contributed by atoms with van der Waals surface area (Å²) in [6.07, 6.45) is 10.6. The Morgan fingerprint density at radius 1 is 0.818 bits per heavy atom. The minimum Gasteiger partial charge on any atom is -0.393 e. The van der Waals surface area contributed by atoms with Crippen molar-refractivity contribution in [2.75, 3.05) is 6.61 Å². The van der Waals surface area contributed by atoms with Gasteiger partial charge in [-0.25, -0.2) is 0 Å². The molecular formula is C30H50O3. The first-order chi connectivity index (χ1) is 15.3. The molecule has 0 aromatic carbocycles. The monoisotopic (exact) mass is 458 g/mol. The van der Waals surface area contributed by atoms with Crippen LogP contribution in [0, 0.1) is 56.7 Å². The van der Waals surface area contributed by atoms with E-state index in [-0.39, 0.29) is 45.9 Å². The van der Waals surface area contributed by atoms with Crippen molar-refractivity contribution in [3.05, 3.63) is 11.6 Å². The standard InChI is InChI=1S/C30H50O3/c1-18-19(17-31)10-13-28(5)24(33)16-30(7)20(25(18)28)8-9-22-27(4)14-12-23(32)26(2,3)21(27)11-15-29(22,30)6/h10,18,20-25,31-33H,8-9,11-17H2,1-7H3/t18-,20-,21+,22-,23+,24+,25-,27+,28-,29-,30-/m1/s1. The topological polar surface area (TPSA) is 60.7 Å². The van der Waals surface area contributed by atoms with Gasteiger partial charge in [-0.05, 0) is 108 Å². The summed E-state index contributed by atoms with van der Waals surface area (Å²) >= 11 is 0. The molecule has 11 atom stereocenters. The smallest absolute Gasteiger partial charge is 0.0644 e. The van der Waals surface area contributed by atoms with Crippen molar-refractivity contribution in [2.45, 2.75) is 112 Å². The zero-order valence-corrected chi connectivity index (χ0v) is 22.3. The lowest BCUT2D eigenvalue weighted by Gasteiger charge is -2.74. The van der Waals surface area contributed by atoms with E-state index in [4.69, 9.17) is 0 Å². The van der Waals surface area contributed by atoms with Crippen molar-refractivity contribution in [2.24, 2.45) is 56.7 Å². The molecule has 0 unspecified atom stereocenters. The number of aliphatic hydroxyl groups is 3. The van der Waals surface area contributed by atoms with Gasteiger partial charge in [0.1, 0.15) is 0 Å². The van der Waals surface area contributed by atoms with Gasteiger partial charge in [-0.2, -0.15) is 0 Å². The summed E-state index contributed by atoms with van der Waals surface area (Å²) in [6, 6.07) is 0. The summed E-state index contributed by atoms with van der Waals surface area (Å²) in [5.41, 5.74) is 1.69. The number of fused-ring (bicyclic) bond motifs is 7. The Morgan fingerprint density at radius 3 is 2.18 bits per heavy atom. The highest BCUT2D eigenvalue weighted by Crippen LogP contribution is 2.76. The minimum atomic E-state index is -0.284. The molecule has 0 saturated heterocycles. The third-order valence-electron chi connectivity index (χ3n) is 13.6. The first kappa shape index (κ1) is 24.3. The molecule has 188 valence electrons. The lowest BCUT2D eigenvalue weighted by molar-refractivity contribution is -0.267. The second-order valence-electron chi connectivity index (χ2n) is 14.7. The van der Waals surface area contributed by atoms with Gasteiger partial charge in [0.15, 0.2) is 0 Å². The highest BCUT2D eigenvalue weighted by Gasteiger charge is 2.71. The van der Waals surface area contributed by atoms with Crippen LogP contribution in [0.25, 0.3) is 0 Å². The van der Waals surface area contributed by atoms with Crippen LogP contribution in [-0.2, 0) is 0 Å². The quantitative estimate of drug-likeness (QED) is 0.424. The number of rotatable bonds is 1. The predicted octanol–water partition coefficient (Wildman–Crippen LogP) is 5.97. The van der Waals surface area contributed by atoms with Gasteiger partial charge in [0.05, 0.1) is 18.8 Å². The average molecular weight is 459 g/mol. The van der Waals surface area contributed by atoms with Gasteiger partial charge in [-0.1, -0.05) is 54.5 Å². The van der Waals surface area contributed by atoms with E-state index >= 15 is 0 Å². The van der Waals surface area contributed by atoms with E-state index in [1.807, 2.05) is 0 Å². The maximum Gasteiger partial charge on any atom is 0.0644 e. The molecule has 4 fully saturated rings. The molecule has 0 radical (unpaired) electrons. The Morgan fingerprint density at radius 2 is 1.52 bits per heavy atom. The van der Waals surface area contributed by atoms with E-state index in [0.29, 0.717) is 29.6 Å². The molecule has 33 heavy (non-hydrogen) atoms. The summed E-state index contributed by atoms with van der Waals surface area (Å²) in [7, 11) is 0. The molecule has 0 spiro atoms. The van der Waals surface area contributed by atoms with Gasteiger partial charge in [0.2, 0.25) is 0 Å². The molecule has 5 rings (SSSR count). The lowest BCUT2D eigenvalue weighted by Crippen LogP contribution is -2.69. The second kappa shape index (κ2) is 7.32. The Bertz CT molecular complexity index is 832. The van der Waals surface area contributed by atoms with Gasteiger partial charge in [-0.15, -0.1) is 0 Å². The van der Waals surface area contributed by atoms with E-state index < -0.39 is 0 Å². The Hall–Kier alpha value is -0.380. The third kappa shape index (κ3) is 2.85. The zero-order chi connectivity index (χ0) is 24.2. The van der Waals surface area contributed by atoms with Crippen molar-refractivity contribution in [3.63, 3.8) is 0 Å². The van der Waals surface area contributed by atoms with Crippen molar-refractivity contribution in [1.29, 1.82) is 0 Å². The molecule has 3 nitrogen and oxygen atoms in total. The minimum absolute atomic E-state index is 0.0184. The van der Waals surface area contributed by atoms with Crippen LogP contribution in [0.5, 0.6) is 0 Å². The lowest BCUT2D eigenvalue weighted by atomic mass is 9.31. The van der Waals surface area contributed by atoms with E-state index in [2.05, 4.69) is 54.5 Å². The largest absolute Gasteiger partial charge is 0.393 e. The number of allylic oxidation sites excluding steroid dienone is 1. The molecule has 0 bridgehead atoms. The summed E-state index contributed by atoms with van der Waals surface area (Å²) in [5.74, 6) is 2.60. The van der Waals surface area contributed by atoms with Gasteiger partial charge < -0.3 is 15.3 Å². The third-order valence-corrected chi connectivity index (χ3v) is 13.6. The van der Waals surface area contributed by atoms with E-state index in [1.54, 1.807) is 0 Å². The molecule has 4 saturated carbocycles. The number of aliphatic hydroxyl groups excluding tert-OH is 3. The molecule has 0 aromatic rings. The van der Waals surface area contributed by atoms with E-state index in [0.717, 1.165) is 25.7 Å². The average Bonchev–Trinajstić information content (AvgIpc) is 2.73. The van der Waals surface area contributed by atoms with Crippen molar-refractivity contribution < 1.29 is 15.3 Å². The van der Waals surface area contributed by atoms with Crippen molar-refractivity contribution in [1.82, 2.24) is 0 Å². The molecule has 3 heteroatoms. The van der Waals surface area contributed by atoms with Crippen LogP contribution in [0.4, 0.5) is 0 Å². The fraction of sp³-hybridized carbons (Fsp3) is 0.933.